The van der Waals surface area contributed by atoms with E-state index in [0.29, 0.717) is 0 Å². The minimum atomic E-state index is -0.112. The van der Waals surface area contributed by atoms with E-state index in [1.54, 1.807) is 11.8 Å². The zero-order valence-electron chi connectivity index (χ0n) is 13.5. The Morgan fingerprint density at radius 1 is 1.04 bits per heavy atom. The molecule has 0 fully saturated rings. The standard InChI is InChI=1S/C19H23NO2S/c1-14(18-6-4-3-5-7-18)20-19(22)15(2)23-13-17-10-8-16(12-21)9-11-17/h3-11,14-15,21H,12-13H2,1-2H3,(H,20,22). The van der Waals surface area contributed by atoms with E-state index in [1.165, 1.54) is 0 Å². The van der Waals surface area contributed by atoms with Crippen LogP contribution >= 0.6 is 11.8 Å². The number of nitrogens with one attached hydrogen (secondary N) is 1. The van der Waals surface area contributed by atoms with Gasteiger partial charge in [0.05, 0.1) is 17.9 Å². The average molecular weight is 329 g/mol. The Morgan fingerprint density at radius 2 is 1.65 bits per heavy atom. The second kappa shape index (κ2) is 8.75. The summed E-state index contributed by atoms with van der Waals surface area (Å²) >= 11 is 1.61. The van der Waals surface area contributed by atoms with Crippen molar-refractivity contribution >= 4 is 17.7 Å². The summed E-state index contributed by atoms with van der Waals surface area (Å²) in [5, 5.41) is 12.0. The van der Waals surface area contributed by atoms with Crippen LogP contribution in [0.25, 0.3) is 0 Å². The molecule has 0 aliphatic rings. The van der Waals surface area contributed by atoms with Crippen LogP contribution in [-0.2, 0) is 17.2 Å². The maximum absolute atomic E-state index is 12.3. The number of amides is 1. The van der Waals surface area contributed by atoms with Crippen molar-refractivity contribution in [3.63, 3.8) is 0 Å². The number of rotatable bonds is 7. The molecule has 3 nitrogen and oxygen atoms in total. The quantitative estimate of drug-likeness (QED) is 0.815. The summed E-state index contributed by atoms with van der Waals surface area (Å²) in [6.07, 6.45) is 0. The average Bonchev–Trinajstić information content (AvgIpc) is 2.60. The van der Waals surface area contributed by atoms with Gasteiger partial charge in [-0.05, 0) is 30.5 Å². The zero-order chi connectivity index (χ0) is 16.7. The lowest BCUT2D eigenvalue weighted by atomic mass is 10.1. The molecule has 0 saturated carbocycles. The predicted molar refractivity (Wildman–Crippen MR) is 96.1 cm³/mol. The summed E-state index contributed by atoms with van der Waals surface area (Å²) in [6.45, 7) is 3.99. The number of thioether (sulfide) groups is 1. The van der Waals surface area contributed by atoms with Crippen LogP contribution < -0.4 is 5.32 Å². The van der Waals surface area contributed by atoms with Crippen molar-refractivity contribution < 1.29 is 9.90 Å². The van der Waals surface area contributed by atoms with Crippen molar-refractivity contribution in [2.24, 2.45) is 0 Å². The molecule has 2 aromatic carbocycles. The maximum Gasteiger partial charge on any atom is 0.233 e. The number of hydrogen-bond donors (Lipinski definition) is 2. The van der Waals surface area contributed by atoms with E-state index in [1.807, 2.05) is 68.4 Å². The van der Waals surface area contributed by atoms with E-state index in [-0.39, 0.29) is 23.8 Å². The fraction of sp³-hybridized carbons (Fsp3) is 0.316. The van der Waals surface area contributed by atoms with Gasteiger partial charge in [-0.3, -0.25) is 4.79 Å². The van der Waals surface area contributed by atoms with Gasteiger partial charge in [-0.25, -0.2) is 0 Å². The number of carbonyl (C=O) groups is 1. The summed E-state index contributed by atoms with van der Waals surface area (Å²) in [6, 6.07) is 17.8. The second-order valence-corrected chi connectivity index (χ2v) is 6.90. The highest BCUT2D eigenvalue weighted by atomic mass is 32.2. The van der Waals surface area contributed by atoms with E-state index in [9.17, 15) is 4.79 Å². The topological polar surface area (TPSA) is 49.3 Å². The van der Waals surface area contributed by atoms with Gasteiger partial charge in [-0.2, -0.15) is 0 Å². The van der Waals surface area contributed by atoms with Crippen LogP contribution in [0.4, 0.5) is 0 Å². The highest BCUT2D eigenvalue weighted by Crippen LogP contribution is 2.20. The first-order valence-electron chi connectivity index (χ1n) is 7.75. The van der Waals surface area contributed by atoms with Gasteiger partial charge in [0.15, 0.2) is 0 Å². The molecule has 122 valence electrons. The van der Waals surface area contributed by atoms with E-state index < -0.39 is 0 Å². The van der Waals surface area contributed by atoms with Gasteiger partial charge in [0.2, 0.25) is 5.91 Å². The zero-order valence-corrected chi connectivity index (χ0v) is 14.3. The van der Waals surface area contributed by atoms with Crippen LogP contribution in [0.1, 0.15) is 36.6 Å². The monoisotopic (exact) mass is 329 g/mol. The number of aliphatic hydroxyl groups is 1. The van der Waals surface area contributed by atoms with E-state index >= 15 is 0 Å². The molecule has 0 spiro atoms. The van der Waals surface area contributed by atoms with Crippen LogP contribution in [0.15, 0.2) is 54.6 Å². The maximum atomic E-state index is 12.3. The smallest absolute Gasteiger partial charge is 0.233 e. The van der Waals surface area contributed by atoms with E-state index in [0.717, 1.165) is 22.4 Å². The first-order valence-corrected chi connectivity index (χ1v) is 8.80. The Morgan fingerprint density at radius 3 is 2.26 bits per heavy atom. The second-order valence-electron chi connectivity index (χ2n) is 5.57. The third-order valence-electron chi connectivity index (χ3n) is 3.73. The molecule has 2 atom stereocenters. The summed E-state index contributed by atoms with van der Waals surface area (Å²) < 4.78 is 0. The van der Waals surface area contributed by atoms with Crippen LogP contribution in [0.2, 0.25) is 0 Å². The fourth-order valence-electron chi connectivity index (χ4n) is 2.19. The molecule has 2 unspecified atom stereocenters. The predicted octanol–water partition coefficient (Wildman–Crippen LogP) is 3.68. The van der Waals surface area contributed by atoms with Gasteiger partial charge >= 0.3 is 0 Å². The van der Waals surface area contributed by atoms with Crippen molar-refractivity contribution in [3.05, 3.63) is 71.3 Å². The van der Waals surface area contributed by atoms with Gasteiger partial charge in [-0.15, -0.1) is 11.8 Å². The third kappa shape index (κ3) is 5.41. The van der Waals surface area contributed by atoms with Crippen molar-refractivity contribution in [2.45, 2.75) is 37.5 Å². The van der Waals surface area contributed by atoms with Gasteiger partial charge in [0.25, 0.3) is 0 Å². The van der Waals surface area contributed by atoms with Crippen molar-refractivity contribution in [2.75, 3.05) is 0 Å². The highest BCUT2D eigenvalue weighted by molar-refractivity contribution is 7.99. The molecular weight excluding hydrogens is 306 g/mol. The van der Waals surface area contributed by atoms with Crippen molar-refractivity contribution in [1.82, 2.24) is 5.32 Å². The first-order chi connectivity index (χ1) is 11.1. The molecule has 23 heavy (non-hydrogen) atoms. The molecule has 0 saturated heterocycles. The minimum absolute atomic E-state index is 0.00980. The largest absolute Gasteiger partial charge is 0.392 e. The van der Waals surface area contributed by atoms with Gasteiger partial charge in [-0.1, -0.05) is 54.6 Å². The van der Waals surface area contributed by atoms with Gasteiger partial charge in [0.1, 0.15) is 0 Å². The minimum Gasteiger partial charge on any atom is -0.392 e. The summed E-state index contributed by atoms with van der Waals surface area (Å²) in [7, 11) is 0. The van der Waals surface area contributed by atoms with Gasteiger partial charge < -0.3 is 10.4 Å². The van der Waals surface area contributed by atoms with Crippen LogP contribution in [0, 0.1) is 0 Å². The van der Waals surface area contributed by atoms with Gasteiger partial charge in [0, 0.05) is 5.75 Å². The SMILES string of the molecule is CC(SCc1ccc(CO)cc1)C(=O)NC(C)c1ccccc1. The molecule has 0 aromatic heterocycles. The molecule has 0 aliphatic heterocycles. The number of carbonyl (C=O) groups excluding carboxylic acids is 1. The van der Waals surface area contributed by atoms with Crippen LogP contribution in [0.3, 0.4) is 0 Å². The highest BCUT2D eigenvalue weighted by Gasteiger charge is 2.16. The molecule has 0 bridgehead atoms. The summed E-state index contributed by atoms with van der Waals surface area (Å²) in [4.78, 5) is 12.3. The van der Waals surface area contributed by atoms with Crippen molar-refractivity contribution in [3.8, 4) is 0 Å². The lowest BCUT2D eigenvalue weighted by Gasteiger charge is -2.17. The molecule has 2 aromatic rings. The molecule has 1 amide bonds. The molecule has 0 aliphatic carbocycles. The first kappa shape index (κ1) is 17.6. The lowest BCUT2D eigenvalue weighted by molar-refractivity contribution is -0.120. The fourth-order valence-corrected chi connectivity index (χ4v) is 3.05. The number of aliphatic hydroxyl groups excluding tert-OH is 1. The molecule has 2 rings (SSSR count). The Bertz CT molecular complexity index is 613. The van der Waals surface area contributed by atoms with E-state index in [2.05, 4.69) is 5.32 Å². The molecule has 2 N–H and O–H groups in total. The van der Waals surface area contributed by atoms with E-state index in [4.69, 9.17) is 5.11 Å². The molecular formula is C19H23NO2S. The molecule has 4 heteroatoms. The van der Waals surface area contributed by atoms with Crippen LogP contribution in [-0.4, -0.2) is 16.3 Å². The number of benzene rings is 2. The Balaban J connectivity index is 1.82. The summed E-state index contributed by atoms with van der Waals surface area (Å²) in [5.74, 6) is 0.832. The molecule has 0 radical (unpaired) electrons. The molecule has 0 heterocycles. The Kier molecular flexibility index (Phi) is 6.68. The Hall–Kier alpha value is -1.78. The summed E-state index contributed by atoms with van der Waals surface area (Å²) in [5.41, 5.74) is 3.17. The normalized spacial score (nSPS) is 13.3. The third-order valence-corrected chi connectivity index (χ3v) is 4.95. The number of hydrogen-bond acceptors (Lipinski definition) is 3. The van der Waals surface area contributed by atoms with Crippen LogP contribution in [0.5, 0.6) is 0 Å². The lowest BCUT2D eigenvalue weighted by Crippen LogP contribution is -2.33. The Labute approximate surface area is 142 Å². The van der Waals surface area contributed by atoms with Crippen molar-refractivity contribution in [1.29, 1.82) is 0 Å².